The van der Waals surface area contributed by atoms with Gasteiger partial charge < -0.3 is 65.5 Å². The van der Waals surface area contributed by atoms with Crippen LogP contribution in [0.4, 0.5) is 9.59 Å². The third-order valence-corrected chi connectivity index (χ3v) is 15.1. The smallest absolute Gasteiger partial charge is 0.408 e. The van der Waals surface area contributed by atoms with Crippen molar-refractivity contribution in [3.8, 4) is 40.2 Å². The Balaban J connectivity index is 0.00000119. The number of carboxylic acids is 3. The number of carbonyl (C=O) groups is 6. The van der Waals surface area contributed by atoms with E-state index >= 15 is 0 Å². The van der Waals surface area contributed by atoms with Crippen molar-refractivity contribution in [3.05, 3.63) is 121 Å². The van der Waals surface area contributed by atoms with Crippen molar-refractivity contribution in [3.63, 3.8) is 0 Å². The monoisotopic (exact) mass is 1900 g/mol. The summed E-state index contributed by atoms with van der Waals surface area (Å²) < 4.78 is 27.4. The number of hydrogen-bond donors (Lipinski definition) is 9. The van der Waals surface area contributed by atoms with E-state index in [0.717, 1.165) is 31.0 Å². The van der Waals surface area contributed by atoms with Crippen LogP contribution in [0.15, 0.2) is 78.9 Å². The molecule has 5 aromatic carbocycles. The summed E-state index contributed by atoms with van der Waals surface area (Å²) in [4.78, 5) is 69.0. The third kappa shape index (κ3) is 27.3. The molecule has 0 aromatic heterocycles. The Morgan fingerprint density at radius 1 is 0.463 bits per heavy atom. The fourth-order valence-electron chi connectivity index (χ4n) is 6.14. The molecular formula is C54H64I7N3O16. The molecule has 19 nitrogen and oxygen atoms in total. The Labute approximate surface area is 561 Å². The average Bonchev–Trinajstić information content (AvgIpc) is 3.28. The highest BCUT2D eigenvalue weighted by molar-refractivity contribution is 14.1. The minimum atomic E-state index is -1.15. The first-order valence-corrected chi connectivity index (χ1v) is 29.9. The molecule has 0 spiro atoms. The number of halogens is 7. The lowest BCUT2D eigenvalue weighted by atomic mass is 10.1. The highest BCUT2D eigenvalue weighted by atomic mass is 127. The van der Waals surface area contributed by atoms with Gasteiger partial charge in [0.1, 0.15) is 58.1 Å². The summed E-state index contributed by atoms with van der Waals surface area (Å²) >= 11 is 14.5. The number of rotatable bonds is 16. The lowest BCUT2D eigenvalue weighted by Crippen LogP contribution is -2.44. The van der Waals surface area contributed by atoms with Gasteiger partial charge in [-0.15, -0.1) is 0 Å². The van der Waals surface area contributed by atoms with Crippen LogP contribution in [0.3, 0.4) is 0 Å². The summed E-state index contributed by atoms with van der Waals surface area (Å²) in [5.74, 6) is -0.821. The zero-order valence-electron chi connectivity index (χ0n) is 41.8. The van der Waals surface area contributed by atoms with Gasteiger partial charge in [0.15, 0.2) is 11.5 Å². The molecule has 0 bridgehead atoms. The molecule has 9 N–H and O–H groups in total. The van der Waals surface area contributed by atoms with E-state index in [9.17, 15) is 54.3 Å². The molecule has 0 aliphatic heterocycles. The lowest BCUT2D eigenvalue weighted by Gasteiger charge is -2.22. The molecule has 440 valence electrons. The Morgan fingerprint density at radius 2 is 0.800 bits per heavy atom. The quantitative estimate of drug-likeness (QED) is 0.0415. The first-order chi connectivity index (χ1) is 35.6. The number of amides is 3. The number of carbonyl (C=O) groups excluding carboxylic acids is 3. The SMILES string of the molecule is C.C.C.CC(=O)N[C@@H](Cc1ccc(O)c(I)c1)C(=O)O.CC(C)(C)OC(=O)N[C@@H](Cc1cc(I)c(Oc2cc(I)c(O)c(I)c2)c(I)c1)C(=O)O.CC(C)(C)OC(=O)N[C@@H](Cc1cc(I)c(Oc2ccc(O)cc2)c(I)c1)C(=O)O. The zero-order valence-corrected chi connectivity index (χ0v) is 56.9. The maximum Gasteiger partial charge on any atom is 0.408 e. The Hall–Kier alpha value is -3.37. The molecule has 0 saturated heterocycles. The van der Waals surface area contributed by atoms with E-state index in [1.54, 1.807) is 77.9 Å². The first-order valence-electron chi connectivity index (χ1n) is 22.3. The van der Waals surface area contributed by atoms with Crippen LogP contribution in [-0.2, 0) is 47.9 Å². The van der Waals surface area contributed by atoms with Gasteiger partial charge in [0.05, 0.1) is 25.0 Å². The molecule has 5 rings (SSSR count). The first kappa shape index (κ1) is 76.6. The van der Waals surface area contributed by atoms with Crippen LogP contribution in [0.25, 0.3) is 0 Å². The Morgan fingerprint density at radius 3 is 1.14 bits per heavy atom. The van der Waals surface area contributed by atoms with Crippen molar-refractivity contribution in [2.24, 2.45) is 0 Å². The van der Waals surface area contributed by atoms with E-state index in [1.807, 2.05) is 92.0 Å². The average molecular weight is 1900 g/mol. The number of aliphatic carboxylic acids is 3. The van der Waals surface area contributed by atoms with Crippen LogP contribution >= 0.6 is 158 Å². The summed E-state index contributed by atoms with van der Waals surface area (Å²) in [5.41, 5.74) is 0.777. The predicted molar refractivity (Wildman–Crippen MR) is 365 cm³/mol. The van der Waals surface area contributed by atoms with Gasteiger partial charge in [0.2, 0.25) is 5.91 Å². The maximum atomic E-state index is 12.0. The Bertz CT molecular complexity index is 2880. The maximum absolute atomic E-state index is 12.0. The summed E-state index contributed by atoms with van der Waals surface area (Å²) in [5, 5.41) is 63.8. The van der Waals surface area contributed by atoms with Crippen molar-refractivity contribution in [1.82, 2.24) is 16.0 Å². The number of ether oxygens (including phenoxy) is 4. The number of benzene rings is 5. The van der Waals surface area contributed by atoms with Crippen LogP contribution < -0.4 is 25.4 Å². The number of alkyl carbamates (subject to hydrolysis) is 2. The molecule has 0 saturated carbocycles. The second-order valence-electron chi connectivity index (χ2n) is 18.3. The fourth-order valence-corrected chi connectivity index (χ4v) is 12.7. The van der Waals surface area contributed by atoms with Crippen LogP contribution in [0.1, 0.15) is 87.4 Å². The number of hydrogen-bond acceptors (Lipinski definition) is 13. The third-order valence-electron chi connectivity index (χ3n) is 9.37. The molecule has 3 atom stereocenters. The van der Waals surface area contributed by atoms with Crippen molar-refractivity contribution in [1.29, 1.82) is 0 Å². The number of aromatic hydroxyl groups is 3. The predicted octanol–water partition coefficient (Wildman–Crippen LogP) is 14.1. The second kappa shape index (κ2) is 35.0. The van der Waals surface area contributed by atoms with Gasteiger partial charge in [-0.05, 0) is 289 Å². The molecule has 26 heteroatoms. The molecule has 5 aromatic rings. The standard InChI is InChI=1S/C20H19I4NO6.C20H21I2NO6.C11H12INO4.3CH4/c1-20(2,3)31-19(29)25-15(18(27)28)6-9-4-13(23)17(14(24)5-9)30-10-7-11(21)16(26)12(22)8-10;1-20(2,3)29-19(27)23-16(18(25)26)10-11-8-14(21)17(15(22)9-11)28-13-6-4-12(24)5-7-13;1-6(14)13-9(11(16)17)5-7-2-3-10(15)8(12)4-7;;;/h4-5,7-8,15,26H,6H2,1-3H3,(H,25,29)(H,27,28);4-9,16,24H,10H2,1-3H3,(H,23,27)(H,25,26);2-4,9,15H,5H2,1H3,(H,13,14)(H,16,17);3*1H4/t15-;16-;9-;;;/m000.../s1. The molecular weight excluding hydrogens is 1830 g/mol. The number of phenolic OH excluding ortho intramolecular Hbond substituents is 3. The minimum Gasteiger partial charge on any atom is -0.508 e. The lowest BCUT2D eigenvalue weighted by molar-refractivity contribution is -0.141. The van der Waals surface area contributed by atoms with Crippen molar-refractivity contribution in [2.45, 2.75) is 119 Å². The molecule has 0 fully saturated rings. The van der Waals surface area contributed by atoms with E-state index in [2.05, 4.69) is 106 Å². The molecule has 0 aliphatic carbocycles. The Kier molecular flexibility index (Phi) is 33.6. The van der Waals surface area contributed by atoms with Crippen LogP contribution in [0.2, 0.25) is 0 Å². The topological polar surface area (TPSA) is 297 Å². The molecule has 0 aliphatic rings. The van der Waals surface area contributed by atoms with Crippen LogP contribution in [0.5, 0.6) is 40.2 Å². The van der Waals surface area contributed by atoms with E-state index in [0.29, 0.717) is 33.7 Å². The molecule has 3 amide bonds. The van der Waals surface area contributed by atoms with Gasteiger partial charge in [-0.1, -0.05) is 28.3 Å². The molecule has 0 radical (unpaired) electrons. The van der Waals surface area contributed by atoms with Gasteiger partial charge in [-0.3, -0.25) is 4.79 Å². The van der Waals surface area contributed by atoms with E-state index in [-0.39, 0.29) is 64.7 Å². The minimum absolute atomic E-state index is 0. The summed E-state index contributed by atoms with van der Waals surface area (Å²) in [6.45, 7) is 11.5. The van der Waals surface area contributed by atoms with Gasteiger partial charge >= 0.3 is 30.1 Å². The number of phenols is 3. The molecule has 0 unspecified atom stereocenters. The normalized spacial score (nSPS) is 11.7. The van der Waals surface area contributed by atoms with Gasteiger partial charge in [-0.2, -0.15) is 0 Å². The summed E-state index contributed by atoms with van der Waals surface area (Å²) in [7, 11) is 0. The second-order valence-corrected chi connectivity index (χ2v) is 26.4. The largest absolute Gasteiger partial charge is 0.508 e. The van der Waals surface area contributed by atoms with Gasteiger partial charge in [-0.25, -0.2) is 24.0 Å². The molecule has 80 heavy (non-hydrogen) atoms. The summed E-state index contributed by atoms with van der Waals surface area (Å²) in [6.07, 6.45) is -1.18. The van der Waals surface area contributed by atoms with E-state index in [1.165, 1.54) is 25.1 Å². The van der Waals surface area contributed by atoms with Crippen molar-refractivity contribution in [2.75, 3.05) is 0 Å². The highest BCUT2D eigenvalue weighted by Gasteiger charge is 2.27. The highest BCUT2D eigenvalue weighted by Crippen LogP contribution is 2.38. The zero-order chi connectivity index (χ0) is 58.3. The number of carboxylic acid groups (broad SMARTS) is 3. The number of nitrogens with one attached hydrogen (secondary N) is 3. The van der Waals surface area contributed by atoms with Crippen molar-refractivity contribution >= 4 is 194 Å². The van der Waals surface area contributed by atoms with E-state index in [4.69, 9.17) is 24.1 Å². The van der Waals surface area contributed by atoms with Gasteiger partial charge in [0, 0.05) is 26.2 Å². The van der Waals surface area contributed by atoms with Gasteiger partial charge in [0.25, 0.3) is 0 Å². The molecule has 0 heterocycles. The van der Waals surface area contributed by atoms with Crippen LogP contribution in [-0.4, -0.2) is 96.0 Å². The fraction of sp³-hybridized carbons (Fsp3) is 0.333. The summed E-state index contributed by atoms with van der Waals surface area (Å²) in [6, 6.07) is 18.7. The van der Waals surface area contributed by atoms with Crippen molar-refractivity contribution < 1.29 is 78.4 Å². The van der Waals surface area contributed by atoms with E-state index < -0.39 is 59.4 Å². The van der Waals surface area contributed by atoms with Crippen LogP contribution in [0, 0.1) is 25.0 Å².